The summed E-state index contributed by atoms with van der Waals surface area (Å²) in [7, 11) is 0. The van der Waals surface area contributed by atoms with Crippen molar-refractivity contribution >= 4 is 11.9 Å². The first kappa shape index (κ1) is 30.9. The molecule has 4 heteroatoms. The molecule has 0 aliphatic rings. The van der Waals surface area contributed by atoms with E-state index in [2.05, 4.69) is 13.8 Å². The van der Waals surface area contributed by atoms with Crippen molar-refractivity contribution in [3.63, 3.8) is 0 Å². The zero-order chi connectivity index (χ0) is 23.5. The predicted octanol–water partition coefficient (Wildman–Crippen LogP) is 8.69. The van der Waals surface area contributed by atoms with Gasteiger partial charge in [0.2, 0.25) is 0 Å². The third-order valence-electron chi connectivity index (χ3n) is 6.13. The predicted molar refractivity (Wildman–Crippen MR) is 135 cm³/mol. The van der Waals surface area contributed by atoms with Crippen LogP contribution in [0.15, 0.2) is 0 Å². The summed E-state index contributed by atoms with van der Waals surface area (Å²) >= 11 is 0. The van der Waals surface area contributed by atoms with Crippen LogP contribution in [-0.2, 0) is 19.1 Å². The van der Waals surface area contributed by atoms with Crippen LogP contribution >= 0.6 is 0 Å². The van der Waals surface area contributed by atoms with Crippen LogP contribution < -0.4 is 0 Å². The second kappa shape index (κ2) is 26.2. The van der Waals surface area contributed by atoms with Crippen LogP contribution in [0.25, 0.3) is 0 Å². The monoisotopic (exact) mass is 454 g/mol. The van der Waals surface area contributed by atoms with E-state index in [9.17, 15) is 9.59 Å². The molecular weight excluding hydrogens is 400 g/mol. The molecule has 0 atom stereocenters. The molecule has 0 aliphatic carbocycles. The summed E-state index contributed by atoms with van der Waals surface area (Å²) in [5.74, 6) is -1.67. The standard InChI is InChI=1S/C28H54O4/c1-3-5-7-9-11-13-15-17-19-21-23-25-31-27(29)28(30)32-26-24-22-20-18-16-14-12-10-8-6-4-2/h3-26H2,1-2H3. The number of hydrogen-bond acceptors (Lipinski definition) is 4. The van der Waals surface area contributed by atoms with E-state index in [0.717, 1.165) is 25.7 Å². The summed E-state index contributed by atoms with van der Waals surface area (Å²) in [5, 5.41) is 0. The van der Waals surface area contributed by atoms with Crippen molar-refractivity contribution in [2.24, 2.45) is 0 Å². The lowest BCUT2D eigenvalue weighted by atomic mass is 10.1. The third-order valence-corrected chi connectivity index (χ3v) is 6.13. The highest BCUT2D eigenvalue weighted by atomic mass is 16.6. The van der Waals surface area contributed by atoms with Gasteiger partial charge in [0.05, 0.1) is 13.2 Å². The van der Waals surface area contributed by atoms with Gasteiger partial charge in [-0.15, -0.1) is 0 Å². The van der Waals surface area contributed by atoms with Crippen LogP contribution in [0.2, 0.25) is 0 Å². The fraction of sp³-hybridized carbons (Fsp3) is 0.929. The molecule has 0 aliphatic heterocycles. The molecule has 0 heterocycles. The average molecular weight is 455 g/mol. The molecule has 190 valence electrons. The van der Waals surface area contributed by atoms with E-state index in [-0.39, 0.29) is 0 Å². The Balaban J connectivity index is 3.30. The molecule has 0 aromatic rings. The third kappa shape index (κ3) is 23.6. The van der Waals surface area contributed by atoms with E-state index < -0.39 is 11.9 Å². The highest BCUT2D eigenvalue weighted by molar-refractivity contribution is 6.29. The minimum atomic E-state index is -0.833. The Bertz CT molecular complexity index is 370. The van der Waals surface area contributed by atoms with Gasteiger partial charge in [-0.25, -0.2) is 9.59 Å². The maximum absolute atomic E-state index is 11.7. The Hall–Kier alpha value is -1.06. The second-order valence-electron chi connectivity index (χ2n) is 9.34. The van der Waals surface area contributed by atoms with E-state index in [1.807, 2.05) is 0 Å². The van der Waals surface area contributed by atoms with Gasteiger partial charge in [-0.3, -0.25) is 0 Å². The van der Waals surface area contributed by atoms with Crippen molar-refractivity contribution in [2.45, 2.75) is 155 Å². The summed E-state index contributed by atoms with van der Waals surface area (Å²) in [6.45, 7) is 5.15. The topological polar surface area (TPSA) is 52.6 Å². The normalized spacial score (nSPS) is 10.9. The molecule has 0 bridgehead atoms. The average Bonchev–Trinajstić information content (AvgIpc) is 2.80. The smallest absolute Gasteiger partial charge is 0.417 e. The van der Waals surface area contributed by atoms with Gasteiger partial charge in [0.25, 0.3) is 0 Å². The maximum Gasteiger partial charge on any atom is 0.417 e. The molecule has 0 fully saturated rings. The summed E-state index contributed by atoms with van der Waals surface area (Å²) < 4.78 is 10.1. The molecule has 4 nitrogen and oxygen atoms in total. The van der Waals surface area contributed by atoms with Gasteiger partial charge in [-0.2, -0.15) is 0 Å². The number of carbonyl (C=O) groups is 2. The first-order chi connectivity index (χ1) is 15.7. The zero-order valence-electron chi connectivity index (χ0n) is 21.6. The molecule has 0 aromatic heterocycles. The number of hydrogen-bond donors (Lipinski definition) is 0. The molecule has 0 amide bonds. The van der Waals surface area contributed by atoms with Crippen molar-refractivity contribution in [2.75, 3.05) is 13.2 Å². The van der Waals surface area contributed by atoms with Crippen molar-refractivity contribution < 1.29 is 19.1 Å². The van der Waals surface area contributed by atoms with E-state index in [1.54, 1.807) is 0 Å². The first-order valence-electron chi connectivity index (χ1n) is 14.1. The highest BCUT2D eigenvalue weighted by Gasteiger charge is 2.16. The largest absolute Gasteiger partial charge is 0.457 e. The molecule has 0 saturated carbocycles. The number of rotatable bonds is 24. The first-order valence-corrected chi connectivity index (χ1v) is 14.1. The van der Waals surface area contributed by atoms with Crippen molar-refractivity contribution in [1.29, 1.82) is 0 Å². The van der Waals surface area contributed by atoms with Gasteiger partial charge in [0.1, 0.15) is 0 Å². The number of carbonyl (C=O) groups excluding carboxylic acids is 2. The molecule has 0 rings (SSSR count). The van der Waals surface area contributed by atoms with Gasteiger partial charge < -0.3 is 9.47 Å². The molecule has 0 radical (unpaired) electrons. The van der Waals surface area contributed by atoms with E-state index in [0.29, 0.717) is 13.2 Å². The van der Waals surface area contributed by atoms with Crippen LogP contribution in [0.1, 0.15) is 155 Å². The van der Waals surface area contributed by atoms with Crippen molar-refractivity contribution in [3.05, 3.63) is 0 Å². The maximum atomic E-state index is 11.7. The number of esters is 2. The van der Waals surface area contributed by atoms with Crippen LogP contribution in [0, 0.1) is 0 Å². The summed E-state index contributed by atoms with van der Waals surface area (Å²) in [4.78, 5) is 23.3. The minimum absolute atomic E-state index is 0.323. The molecule has 0 unspecified atom stereocenters. The molecule has 32 heavy (non-hydrogen) atoms. The van der Waals surface area contributed by atoms with Crippen LogP contribution in [0.5, 0.6) is 0 Å². The van der Waals surface area contributed by atoms with Crippen LogP contribution in [0.3, 0.4) is 0 Å². The van der Waals surface area contributed by atoms with Gasteiger partial charge in [-0.1, -0.05) is 142 Å². The minimum Gasteiger partial charge on any atom is -0.457 e. The van der Waals surface area contributed by atoms with E-state index >= 15 is 0 Å². The van der Waals surface area contributed by atoms with Crippen molar-refractivity contribution in [1.82, 2.24) is 0 Å². The zero-order valence-corrected chi connectivity index (χ0v) is 21.6. The summed E-state index contributed by atoms with van der Waals surface area (Å²) in [6, 6.07) is 0. The molecule has 0 spiro atoms. The molecule has 0 saturated heterocycles. The lowest BCUT2D eigenvalue weighted by molar-refractivity contribution is -0.167. The Labute approximate surface area is 199 Å². The van der Waals surface area contributed by atoms with E-state index in [1.165, 1.54) is 116 Å². The quantitative estimate of drug-likeness (QED) is 0.0831. The number of ether oxygens (including phenoxy) is 2. The van der Waals surface area contributed by atoms with Gasteiger partial charge in [0, 0.05) is 0 Å². The fourth-order valence-corrected chi connectivity index (χ4v) is 3.98. The Morgan fingerprint density at radius 3 is 0.844 bits per heavy atom. The van der Waals surface area contributed by atoms with Gasteiger partial charge in [0.15, 0.2) is 0 Å². The molecule has 0 aromatic carbocycles. The molecular formula is C28H54O4. The summed E-state index contributed by atoms with van der Waals surface area (Å²) in [5.41, 5.74) is 0. The van der Waals surface area contributed by atoms with Crippen LogP contribution in [0.4, 0.5) is 0 Å². The van der Waals surface area contributed by atoms with Crippen LogP contribution in [-0.4, -0.2) is 25.2 Å². The Kier molecular flexibility index (Phi) is 25.3. The summed E-state index contributed by atoms with van der Waals surface area (Å²) in [6.07, 6.45) is 27.5. The Morgan fingerprint density at radius 1 is 0.375 bits per heavy atom. The van der Waals surface area contributed by atoms with Crippen molar-refractivity contribution in [3.8, 4) is 0 Å². The fourth-order valence-electron chi connectivity index (χ4n) is 3.98. The Morgan fingerprint density at radius 2 is 0.594 bits per heavy atom. The second-order valence-corrected chi connectivity index (χ2v) is 9.34. The number of unbranched alkanes of at least 4 members (excludes halogenated alkanes) is 20. The van der Waals surface area contributed by atoms with E-state index in [4.69, 9.17) is 9.47 Å². The highest BCUT2D eigenvalue weighted by Crippen LogP contribution is 2.12. The lowest BCUT2D eigenvalue weighted by Crippen LogP contribution is -2.21. The lowest BCUT2D eigenvalue weighted by Gasteiger charge is -2.06. The molecule has 0 N–H and O–H groups in total. The van der Waals surface area contributed by atoms with Gasteiger partial charge in [-0.05, 0) is 12.8 Å². The SMILES string of the molecule is CCCCCCCCCCCCCOC(=O)C(=O)OCCCCCCCCCCCCC. The van der Waals surface area contributed by atoms with Gasteiger partial charge >= 0.3 is 11.9 Å².